The third kappa shape index (κ3) is 4.95. The smallest absolute Gasteiger partial charge is 0.321 e. The number of nitriles is 1. The van der Waals surface area contributed by atoms with Crippen LogP contribution in [0.3, 0.4) is 0 Å². The van der Waals surface area contributed by atoms with Gasteiger partial charge < -0.3 is 10.2 Å². The molecule has 1 N–H and O–H groups in total. The van der Waals surface area contributed by atoms with Gasteiger partial charge in [0.15, 0.2) is 5.00 Å². The number of halogens is 1. The first-order valence-electron chi connectivity index (χ1n) is 8.68. The van der Waals surface area contributed by atoms with Crippen LogP contribution in [0.5, 0.6) is 0 Å². The number of carbonyl (C=O) groups excluding carboxylic acids is 1. The summed E-state index contributed by atoms with van der Waals surface area (Å²) in [5.41, 5.74) is 1.10. The van der Waals surface area contributed by atoms with Crippen LogP contribution in [-0.4, -0.2) is 39.2 Å². The van der Waals surface area contributed by atoms with Crippen LogP contribution in [0.2, 0.25) is 0 Å². The van der Waals surface area contributed by atoms with Crippen molar-refractivity contribution in [2.45, 2.75) is 29.7 Å². The average molecular weight is 385 g/mol. The number of alkyl halides is 1. The van der Waals surface area contributed by atoms with Gasteiger partial charge >= 0.3 is 6.03 Å². The molecule has 6 nitrogen and oxygen atoms in total. The molecule has 0 radical (unpaired) electrons. The molecule has 1 aliphatic heterocycles. The number of nitrogens with one attached hydrogen (secondary N) is 1. The number of benzene rings is 1. The molecule has 3 rings (SSSR count). The Bertz CT molecular complexity index is 831. The number of urea groups is 1. The normalized spacial score (nSPS) is 17.0. The number of anilines is 1. The summed E-state index contributed by atoms with van der Waals surface area (Å²) in [6, 6.07) is 10.5. The molecule has 0 saturated carbocycles. The summed E-state index contributed by atoms with van der Waals surface area (Å²) in [5, 5.41) is 17.7. The van der Waals surface area contributed by atoms with E-state index in [-0.39, 0.29) is 11.9 Å². The number of aromatic nitrogens is 2. The Kier molecular flexibility index (Phi) is 5.91. The standard InChI is InChI=1S/C19H20FN5OS/c1-19(20,27-17-4-2-3-14(11-17)12-21)15-6-9-25(10-7-15)18(26)24-16-5-8-22-23-13-16/h2-5,8,11,13,15H,6-7,9-10H2,1H3,(H,22,24,26). The van der Waals surface area contributed by atoms with Crippen molar-refractivity contribution in [3.63, 3.8) is 0 Å². The van der Waals surface area contributed by atoms with Gasteiger partial charge in [-0.1, -0.05) is 17.8 Å². The molecular weight excluding hydrogens is 365 g/mol. The van der Waals surface area contributed by atoms with Gasteiger partial charge in [0.1, 0.15) is 0 Å². The Morgan fingerprint density at radius 3 is 2.81 bits per heavy atom. The summed E-state index contributed by atoms with van der Waals surface area (Å²) in [7, 11) is 0. The molecule has 140 valence electrons. The minimum absolute atomic E-state index is 0.167. The summed E-state index contributed by atoms with van der Waals surface area (Å²) in [6.45, 7) is 2.57. The number of thioether (sulfide) groups is 1. The summed E-state index contributed by atoms with van der Waals surface area (Å²) < 4.78 is 15.3. The van der Waals surface area contributed by atoms with E-state index in [0.29, 0.717) is 37.2 Å². The molecule has 0 aliphatic carbocycles. The highest BCUT2D eigenvalue weighted by atomic mass is 32.2. The zero-order valence-corrected chi connectivity index (χ0v) is 15.7. The Labute approximate surface area is 161 Å². The lowest BCUT2D eigenvalue weighted by Gasteiger charge is -2.37. The van der Waals surface area contributed by atoms with Gasteiger partial charge in [-0.3, -0.25) is 0 Å². The first-order chi connectivity index (χ1) is 13.0. The lowest BCUT2D eigenvalue weighted by molar-refractivity contribution is 0.124. The number of nitrogens with zero attached hydrogens (tertiary/aromatic N) is 4. The molecule has 2 amide bonds. The van der Waals surface area contributed by atoms with E-state index in [9.17, 15) is 4.79 Å². The summed E-state index contributed by atoms with van der Waals surface area (Å²) in [5.74, 6) is -0.167. The molecule has 0 spiro atoms. The van der Waals surface area contributed by atoms with E-state index in [1.807, 2.05) is 6.07 Å². The molecule has 1 saturated heterocycles. The van der Waals surface area contributed by atoms with E-state index in [2.05, 4.69) is 21.6 Å². The van der Waals surface area contributed by atoms with Crippen molar-refractivity contribution in [2.24, 2.45) is 5.92 Å². The van der Waals surface area contributed by atoms with Crippen molar-refractivity contribution in [1.82, 2.24) is 15.1 Å². The van der Waals surface area contributed by atoms with Crippen LogP contribution in [0.4, 0.5) is 14.9 Å². The van der Waals surface area contributed by atoms with E-state index in [0.717, 1.165) is 16.7 Å². The molecule has 1 aromatic heterocycles. The van der Waals surface area contributed by atoms with E-state index < -0.39 is 5.00 Å². The number of hydrogen-bond donors (Lipinski definition) is 1. The zero-order valence-electron chi connectivity index (χ0n) is 14.9. The number of carbonyl (C=O) groups is 1. The summed E-state index contributed by atoms with van der Waals surface area (Å²) >= 11 is 1.14. The first kappa shape index (κ1) is 19.1. The Morgan fingerprint density at radius 2 is 2.15 bits per heavy atom. The first-order valence-corrected chi connectivity index (χ1v) is 9.50. The monoisotopic (exact) mass is 385 g/mol. The predicted octanol–water partition coefficient (Wildman–Crippen LogP) is 4.07. The molecule has 27 heavy (non-hydrogen) atoms. The maximum absolute atomic E-state index is 15.3. The number of hydrogen-bond acceptors (Lipinski definition) is 5. The van der Waals surface area contributed by atoms with Crippen molar-refractivity contribution >= 4 is 23.5 Å². The fraction of sp³-hybridized carbons (Fsp3) is 0.368. The highest BCUT2D eigenvalue weighted by Gasteiger charge is 2.38. The predicted molar refractivity (Wildman–Crippen MR) is 102 cm³/mol. The number of likely N-dealkylation sites (tertiary alicyclic amines) is 1. The Morgan fingerprint density at radius 1 is 1.37 bits per heavy atom. The van der Waals surface area contributed by atoms with Crippen LogP contribution in [-0.2, 0) is 0 Å². The summed E-state index contributed by atoms with van der Waals surface area (Å²) in [6.07, 6.45) is 4.16. The maximum atomic E-state index is 15.3. The lowest BCUT2D eigenvalue weighted by atomic mass is 9.92. The molecule has 8 heteroatoms. The molecule has 1 aliphatic rings. The molecule has 1 unspecified atom stereocenters. The van der Waals surface area contributed by atoms with Crippen LogP contribution in [0.15, 0.2) is 47.6 Å². The zero-order chi connectivity index (χ0) is 19.3. The van der Waals surface area contributed by atoms with Crippen LogP contribution in [0, 0.1) is 17.2 Å². The topological polar surface area (TPSA) is 81.9 Å². The minimum Gasteiger partial charge on any atom is -0.325 e. The van der Waals surface area contributed by atoms with Gasteiger partial charge in [-0.15, -0.1) is 0 Å². The molecule has 2 aromatic rings. The molecule has 1 aromatic carbocycles. The highest BCUT2D eigenvalue weighted by Crippen LogP contribution is 2.44. The van der Waals surface area contributed by atoms with Crippen molar-refractivity contribution in [2.75, 3.05) is 18.4 Å². The van der Waals surface area contributed by atoms with Gasteiger partial charge in [-0.2, -0.15) is 15.5 Å². The third-order valence-corrected chi connectivity index (χ3v) is 5.85. The third-order valence-electron chi connectivity index (χ3n) is 4.63. The van der Waals surface area contributed by atoms with Gasteiger partial charge in [0, 0.05) is 23.9 Å². The minimum atomic E-state index is -1.47. The number of rotatable bonds is 4. The van der Waals surface area contributed by atoms with Crippen molar-refractivity contribution in [3.8, 4) is 6.07 Å². The van der Waals surface area contributed by atoms with Gasteiger partial charge in [0.2, 0.25) is 0 Å². The van der Waals surface area contributed by atoms with Crippen molar-refractivity contribution in [1.29, 1.82) is 5.26 Å². The molecule has 0 bridgehead atoms. The number of amides is 2. The van der Waals surface area contributed by atoms with Gasteiger partial charge in [-0.05, 0) is 44.0 Å². The molecular formula is C19H20FN5OS. The van der Waals surface area contributed by atoms with E-state index in [1.165, 1.54) is 12.4 Å². The van der Waals surface area contributed by atoms with Gasteiger partial charge in [0.05, 0.1) is 29.7 Å². The van der Waals surface area contributed by atoms with Crippen molar-refractivity contribution < 1.29 is 9.18 Å². The second-order valence-corrected chi connectivity index (χ2v) is 8.02. The van der Waals surface area contributed by atoms with Gasteiger partial charge in [0.25, 0.3) is 0 Å². The molecule has 1 fully saturated rings. The van der Waals surface area contributed by atoms with Crippen molar-refractivity contribution in [3.05, 3.63) is 48.3 Å². The van der Waals surface area contributed by atoms with E-state index in [4.69, 9.17) is 5.26 Å². The van der Waals surface area contributed by atoms with E-state index in [1.54, 1.807) is 36.1 Å². The van der Waals surface area contributed by atoms with Crippen LogP contribution < -0.4 is 5.32 Å². The largest absolute Gasteiger partial charge is 0.325 e. The maximum Gasteiger partial charge on any atom is 0.321 e. The molecule has 1 atom stereocenters. The second-order valence-electron chi connectivity index (χ2n) is 6.55. The quantitative estimate of drug-likeness (QED) is 0.802. The average Bonchev–Trinajstić information content (AvgIpc) is 2.68. The fourth-order valence-electron chi connectivity index (χ4n) is 3.11. The SMILES string of the molecule is CC(F)(Sc1cccc(C#N)c1)C1CCN(C(=O)Nc2ccnnc2)CC1. The fourth-order valence-corrected chi connectivity index (χ4v) is 4.30. The second kappa shape index (κ2) is 8.35. The Hall–Kier alpha value is -2.66. The number of piperidine rings is 1. The van der Waals surface area contributed by atoms with Gasteiger partial charge in [-0.25, -0.2) is 9.18 Å². The van der Waals surface area contributed by atoms with Crippen LogP contribution in [0.1, 0.15) is 25.3 Å². The van der Waals surface area contributed by atoms with Crippen LogP contribution >= 0.6 is 11.8 Å². The van der Waals surface area contributed by atoms with E-state index >= 15 is 4.39 Å². The molecule has 2 heterocycles. The lowest BCUT2D eigenvalue weighted by Crippen LogP contribution is -2.44. The Balaban J connectivity index is 1.56. The summed E-state index contributed by atoms with van der Waals surface area (Å²) in [4.78, 5) is 14.8. The highest BCUT2D eigenvalue weighted by molar-refractivity contribution is 8.00. The van der Waals surface area contributed by atoms with Crippen LogP contribution in [0.25, 0.3) is 0 Å².